The van der Waals surface area contributed by atoms with E-state index in [0.717, 1.165) is 31.2 Å². The van der Waals surface area contributed by atoms with E-state index in [2.05, 4.69) is 17.2 Å². The summed E-state index contributed by atoms with van der Waals surface area (Å²) in [4.78, 5) is 26.1. The molecule has 1 aromatic rings. The van der Waals surface area contributed by atoms with Gasteiger partial charge in [0.2, 0.25) is 11.8 Å². The van der Waals surface area contributed by atoms with Gasteiger partial charge in [-0.05, 0) is 37.8 Å². The number of carbonyl (C=O) groups excluding carboxylic acids is 2. The smallest absolute Gasteiger partial charge is 0.225 e. The van der Waals surface area contributed by atoms with Gasteiger partial charge in [0.25, 0.3) is 0 Å². The Morgan fingerprint density at radius 1 is 1.04 bits per heavy atom. The molecule has 0 atom stereocenters. The largest absolute Gasteiger partial charge is 0.345 e. The minimum Gasteiger partial charge on any atom is -0.345 e. The third-order valence-corrected chi connectivity index (χ3v) is 4.46. The Morgan fingerprint density at radius 3 is 2.39 bits per heavy atom. The molecule has 1 heterocycles. The number of hydrogen-bond acceptors (Lipinski definition) is 2. The van der Waals surface area contributed by atoms with Crippen molar-refractivity contribution in [2.45, 2.75) is 25.7 Å². The van der Waals surface area contributed by atoms with Gasteiger partial charge in [-0.2, -0.15) is 0 Å². The van der Waals surface area contributed by atoms with Crippen LogP contribution in [0.3, 0.4) is 0 Å². The van der Waals surface area contributed by atoms with Crippen LogP contribution in [0.25, 0.3) is 0 Å². The van der Waals surface area contributed by atoms with Crippen molar-refractivity contribution >= 4 is 11.8 Å². The van der Waals surface area contributed by atoms with Gasteiger partial charge in [-0.1, -0.05) is 30.0 Å². The van der Waals surface area contributed by atoms with E-state index in [4.69, 9.17) is 0 Å². The average molecular weight is 310 g/mol. The van der Waals surface area contributed by atoms with Crippen molar-refractivity contribution in [1.29, 1.82) is 0 Å². The normalized spacial score (nSPS) is 18.0. The Labute approximate surface area is 137 Å². The molecule has 4 nitrogen and oxygen atoms in total. The topological polar surface area (TPSA) is 49.4 Å². The van der Waals surface area contributed by atoms with Gasteiger partial charge in [0.1, 0.15) is 0 Å². The van der Waals surface area contributed by atoms with Crippen LogP contribution in [0.2, 0.25) is 0 Å². The highest BCUT2D eigenvalue weighted by molar-refractivity contribution is 5.82. The summed E-state index contributed by atoms with van der Waals surface area (Å²) in [6.07, 6.45) is 3.60. The molecule has 2 aliphatic rings. The molecule has 0 radical (unpaired) electrons. The summed E-state index contributed by atoms with van der Waals surface area (Å²) in [5.74, 6) is 6.64. The van der Waals surface area contributed by atoms with Crippen molar-refractivity contribution in [2.24, 2.45) is 11.8 Å². The first-order valence-corrected chi connectivity index (χ1v) is 8.34. The summed E-state index contributed by atoms with van der Waals surface area (Å²) < 4.78 is 0. The fraction of sp³-hybridized carbons (Fsp3) is 0.474. The molecule has 3 rings (SSSR count). The van der Waals surface area contributed by atoms with Crippen LogP contribution in [0.15, 0.2) is 30.3 Å². The Morgan fingerprint density at radius 2 is 1.74 bits per heavy atom. The minimum absolute atomic E-state index is 0.0109. The summed E-state index contributed by atoms with van der Waals surface area (Å²) in [6.45, 7) is 1.79. The Hall–Kier alpha value is -2.28. The van der Waals surface area contributed by atoms with Gasteiger partial charge in [-0.15, -0.1) is 0 Å². The summed E-state index contributed by atoms with van der Waals surface area (Å²) in [7, 11) is 0. The molecule has 4 heteroatoms. The lowest BCUT2D eigenvalue weighted by Gasteiger charge is -2.31. The van der Waals surface area contributed by atoms with Crippen molar-refractivity contribution in [1.82, 2.24) is 10.2 Å². The van der Waals surface area contributed by atoms with Crippen molar-refractivity contribution in [3.05, 3.63) is 35.9 Å². The van der Waals surface area contributed by atoms with Crippen LogP contribution in [-0.4, -0.2) is 36.3 Å². The van der Waals surface area contributed by atoms with E-state index in [1.165, 1.54) is 0 Å². The SMILES string of the molecule is O=C(NCC#Cc1ccccc1)C1CCN(C(=O)C2CC2)CC1. The Kier molecular flexibility index (Phi) is 4.97. The quantitative estimate of drug-likeness (QED) is 0.866. The van der Waals surface area contributed by atoms with Gasteiger partial charge in [0, 0.05) is 30.5 Å². The molecule has 2 amide bonds. The average Bonchev–Trinajstić information content (AvgIpc) is 3.44. The minimum atomic E-state index is 0.0109. The second-order valence-electron chi connectivity index (χ2n) is 6.26. The summed E-state index contributed by atoms with van der Waals surface area (Å²) in [5.41, 5.74) is 0.952. The molecule has 1 N–H and O–H groups in total. The van der Waals surface area contributed by atoms with Crippen LogP contribution < -0.4 is 5.32 Å². The number of amides is 2. The highest BCUT2D eigenvalue weighted by atomic mass is 16.2. The molecule has 1 aromatic carbocycles. The van der Waals surface area contributed by atoms with Gasteiger partial charge in [0.15, 0.2) is 0 Å². The first kappa shape index (κ1) is 15.6. The second kappa shape index (κ2) is 7.32. The number of likely N-dealkylation sites (tertiary alicyclic amines) is 1. The molecule has 1 aliphatic carbocycles. The second-order valence-corrected chi connectivity index (χ2v) is 6.26. The standard InChI is InChI=1S/C19H22N2O2/c22-18(20-12-4-7-15-5-2-1-3-6-15)16-10-13-21(14-11-16)19(23)17-8-9-17/h1-3,5-6,16-17H,8-14H2,(H,20,22). The molecule has 0 spiro atoms. The number of carbonyl (C=O) groups is 2. The molecular weight excluding hydrogens is 288 g/mol. The number of benzene rings is 1. The van der Waals surface area contributed by atoms with E-state index in [-0.39, 0.29) is 23.7 Å². The number of nitrogens with zero attached hydrogens (tertiary/aromatic N) is 1. The lowest BCUT2D eigenvalue weighted by atomic mass is 9.95. The van der Waals surface area contributed by atoms with Crippen LogP contribution in [0.5, 0.6) is 0 Å². The summed E-state index contributed by atoms with van der Waals surface area (Å²) in [6, 6.07) is 9.73. The fourth-order valence-electron chi connectivity index (χ4n) is 2.89. The van der Waals surface area contributed by atoms with E-state index in [9.17, 15) is 9.59 Å². The number of nitrogens with one attached hydrogen (secondary N) is 1. The number of piperidine rings is 1. The fourth-order valence-corrected chi connectivity index (χ4v) is 2.89. The van der Waals surface area contributed by atoms with Crippen LogP contribution in [-0.2, 0) is 9.59 Å². The number of rotatable bonds is 3. The Bertz CT molecular complexity index is 618. The van der Waals surface area contributed by atoms with Gasteiger partial charge in [0.05, 0.1) is 6.54 Å². The monoisotopic (exact) mass is 310 g/mol. The molecule has 1 aliphatic heterocycles. The third kappa shape index (κ3) is 4.35. The highest BCUT2D eigenvalue weighted by Gasteiger charge is 2.35. The van der Waals surface area contributed by atoms with Crippen molar-refractivity contribution < 1.29 is 9.59 Å². The molecule has 0 aromatic heterocycles. The van der Waals surface area contributed by atoms with Crippen LogP contribution in [0.1, 0.15) is 31.2 Å². The van der Waals surface area contributed by atoms with E-state index < -0.39 is 0 Å². The van der Waals surface area contributed by atoms with E-state index in [0.29, 0.717) is 19.6 Å². The predicted molar refractivity (Wildman–Crippen MR) is 88.4 cm³/mol. The molecule has 0 unspecified atom stereocenters. The first-order valence-electron chi connectivity index (χ1n) is 8.34. The van der Waals surface area contributed by atoms with Gasteiger partial charge < -0.3 is 10.2 Å². The van der Waals surface area contributed by atoms with Crippen molar-refractivity contribution in [2.75, 3.05) is 19.6 Å². The zero-order valence-electron chi connectivity index (χ0n) is 13.3. The first-order chi connectivity index (χ1) is 11.2. The lowest BCUT2D eigenvalue weighted by Crippen LogP contribution is -2.43. The highest BCUT2D eigenvalue weighted by Crippen LogP contribution is 2.32. The van der Waals surface area contributed by atoms with Crippen LogP contribution in [0, 0.1) is 23.7 Å². The molecule has 23 heavy (non-hydrogen) atoms. The maximum absolute atomic E-state index is 12.1. The van der Waals surface area contributed by atoms with Gasteiger partial charge in [-0.25, -0.2) is 0 Å². The zero-order valence-corrected chi connectivity index (χ0v) is 13.3. The van der Waals surface area contributed by atoms with E-state index in [1.54, 1.807) is 0 Å². The molecule has 1 saturated heterocycles. The summed E-state index contributed by atoms with van der Waals surface area (Å²) in [5, 5.41) is 2.89. The molecule has 120 valence electrons. The maximum Gasteiger partial charge on any atom is 0.225 e. The number of hydrogen-bond donors (Lipinski definition) is 1. The van der Waals surface area contributed by atoms with E-state index in [1.807, 2.05) is 35.2 Å². The van der Waals surface area contributed by atoms with Crippen LogP contribution in [0.4, 0.5) is 0 Å². The molecule has 1 saturated carbocycles. The zero-order chi connectivity index (χ0) is 16.1. The maximum atomic E-state index is 12.1. The van der Waals surface area contributed by atoms with E-state index >= 15 is 0 Å². The van der Waals surface area contributed by atoms with Gasteiger partial charge in [-0.3, -0.25) is 9.59 Å². The van der Waals surface area contributed by atoms with Crippen molar-refractivity contribution in [3.63, 3.8) is 0 Å². The molecular formula is C19H22N2O2. The van der Waals surface area contributed by atoms with Crippen molar-refractivity contribution in [3.8, 4) is 11.8 Å². The molecule has 0 bridgehead atoms. The summed E-state index contributed by atoms with van der Waals surface area (Å²) >= 11 is 0. The Balaban J connectivity index is 1.39. The lowest BCUT2D eigenvalue weighted by molar-refractivity contribution is -0.136. The van der Waals surface area contributed by atoms with Crippen LogP contribution >= 0.6 is 0 Å². The van der Waals surface area contributed by atoms with Gasteiger partial charge >= 0.3 is 0 Å². The molecule has 2 fully saturated rings. The third-order valence-electron chi connectivity index (χ3n) is 4.46. The predicted octanol–water partition coefficient (Wildman–Crippen LogP) is 1.80.